The zero-order valence-corrected chi connectivity index (χ0v) is 13.6. The van der Waals surface area contributed by atoms with Crippen LogP contribution in [0.3, 0.4) is 0 Å². The summed E-state index contributed by atoms with van der Waals surface area (Å²) in [4.78, 5) is 2.32. The Bertz CT molecular complexity index is 493. The average molecular weight is 339 g/mol. The van der Waals surface area contributed by atoms with Crippen LogP contribution in [-0.4, -0.2) is 18.0 Å². The van der Waals surface area contributed by atoms with Crippen molar-refractivity contribution in [3.63, 3.8) is 0 Å². The standard InChI is InChI=1S/C15H19BrN2S/c1-11(17)15(13-7-8-19-10-13)18(2)9-12-3-5-14(16)6-4-12/h3-8,10-11,15H,9,17H2,1-2H3. The third-order valence-electron chi connectivity index (χ3n) is 3.20. The molecule has 1 aromatic heterocycles. The number of rotatable bonds is 5. The van der Waals surface area contributed by atoms with Crippen LogP contribution in [0.15, 0.2) is 45.6 Å². The number of benzene rings is 1. The molecule has 1 heterocycles. The molecule has 2 aromatic rings. The maximum atomic E-state index is 6.16. The van der Waals surface area contributed by atoms with Gasteiger partial charge in [0.2, 0.25) is 0 Å². The lowest BCUT2D eigenvalue weighted by atomic mass is 10.0. The zero-order valence-electron chi connectivity index (χ0n) is 11.2. The maximum absolute atomic E-state index is 6.16. The minimum Gasteiger partial charge on any atom is -0.326 e. The second-order valence-electron chi connectivity index (χ2n) is 4.90. The second kappa shape index (κ2) is 6.66. The van der Waals surface area contributed by atoms with E-state index >= 15 is 0 Å². The van der Waals surface area contributed by atoms with E-state index in [1.54, 1.807) is 11.3 Å². The molecule has 0 saturated heterocycles. The van der Waals surface area contributed by atoms with Crippen LogP contribution in [0, 0.1) is 0 Å². The van der Waals surface area contributed by atoms with Crippen LogP contribution in [0.2, 0.25) is 0 Å². The lowest BCUT2D eigenvalue weighted by Crippen LogP contribution is -2.36. The second-order valence-corrected chi connectivity index (χ2v) is 6.60. The Morgan fingerprint density at radius 1 is 1.26 bits per heavy atom. The number of halogens is 1. The molecule has 0 spiro atoms. The molecular weight excluding hydrogens is 320 g/mol. The Morgan fingerprint density at radius 3 is 2.47 bits per heavy atom. The highest BCUT2D eigenvalue weighted by atomic mass is 79.9. The van der Waals surface area contributed by atoms with Crippen LogP contribution in [0.5, 0.6) is 0 Å². The Balaban J connectivity index is 2.12. The van der Waals surface area contributed by atoms with E-state index in [2.05, 4.69) is 75.9 Å². The Morgan fingerprint density at radius 2 is 1.95 bits per heavy atom. The minimum atomic E-state index is 0.107. The molecule has 2 rings (SSSR count). The lowest BCUT2D eigenvalue weighted by molar-refractivity contribution is 0.211. The predicted octanol–water partition coefficient (Wildman–Crippen LogP) is 4.03. The molecule has 0 aliphatic heterocycles. The highest BCUT2D eigenvalue weighted by Gasteiger charge is 2.21. The molecule has 0 aliphatic rings. The first-order valence-electron chi connectivity index (χ1n) is 6.30. The fraction of sp³-hybridized carbons (Fsp3) is 0.333. The number of nitrogens with zero attached hydrogens (tertiary/aromatic N) is 1. The number of hydrogen-bond acceptors (Lipinski definition) is 3. The van der Waals surface area contributed by atoms with E-state index in [9.17, 15) is 0 Å². The Labute approximate surface area is 127 Å². The van der Waals surface area contributed by atoms with Gasteiger partial charge in [0.1, 0.15) is 0 Å². The third kappa shape index (κ3) is 3.89. The molecule has 2 nitrogen and oxygen atoms in total. The number of thiophene rings is 1. The highest BCUT2D eigenvalue weighted by Crippen LogP contribution is 2.26. The summed E-state index contributed by atoms with van der Waals surface area (Å²) in [6.07, 6.45) is 0. The SMILES string of the molecule is CC(N)C(c1ccsc1)N(C)Cc1ccc(Br)cc1. The summed E-state index contributed by atoms with van der Waals surface area (Å²) in [6, 6.07) is 11.0. The Hall–Kier alpha value is -0.680. The molecule has 0 saturated carbocycles. The molecule has 0 radical (unpaired) electrons. The largest absolute Gasteiger partial charge is 0.326 e. The lowest BCUT2D eigenvalue weighted by Gasteiger charge is -2.30. The van der Waals surface area contributed by atoms with Gasteiger partial charge >= 0.3 is 0 Å². The van der Waals surface area contributed by atoms with E-state index in [-0.39, 0.29) is 12.1 Å². The number of nitrogens with two attached hydrogens (primary N) is 1. The monoisotopic (exact) mass is 338 g/mol. The van der Waals surface area contributed by atoms with Crippen LogP contribution in [0.25, 0.3) is 0 Å². The first-order chi connectivity index (χ1) is 9.08. The number of likely N-dealkylation sites (N-methyl/N-ethyl adjacent to an activating group) is 1. The fourth-order valence-corrected chi connectivity index (χ4v) is 3.33. The van der Waals surface area contributed by atoms with Gasteiger partial charge in [0.05, 0.1) is 6.04 Å². The van der Waals surface area contributed by atoms with Crippen molar-refractivity contribution in [3.05, 3.63) is 56.7 Å². The van der Waals surface area contributed by atoms with E-state index < -0.39 is 0 Å². The van der Waals surface area contributed by atoms with Gasteiger partial charge in [-0.2, -0.15) is 11.3 Å². The zero-order chi connectivity index (χ0) is 13.8. The van der Waals surface area contributed by atoms with Gasteiger partial charge in [0, 0.05) is 17.1 Å². The molecule has 2 atom stereocenters. The summed E-state index contributed by atoms with van der Waals surface area (Å²) >= 11 is 5.19. The summed E-state index contributed by atoms with van der Waals surface area (Å²) in [7, 11) is 2.13. The van der Waals surface area contributed by atoms with Crippen molar-refractivity contribution in [2.45, 2.75) is 25.6 Å². The van der Waals surface area contributed by atoms with Gasteiger partial charge in [-0.05, 0) is 54.1 Å². The van der Waals surface area contributed by atoms with Crippen molar-refractivity contribution in [1.82, 2.24) is 4.90 Å². The van der Waals surface area contributed by atoms with Crippen molar-refractivity contribution >= 4 is 27.3 Å². The molecule has 2 unspecified atom stereocenters. The van der Waals surface area contributed by atoms with Crippen molar-refractivity contribution < 1.29 is 0 Å². The molecule has 0 aliphatic carbocycles. The van der Waals surface area contributed by atoms with Gasteiger partial charge < -0.3 is 5.73 Å². The average Bonchev–Trinajstić information content (AvgIpc) is 2.85. The van der Waals surface area contributed by atoms with Crippen LogP contribution in [0.1, 0.15) is 24.1 Å². The maximum Gasteiger partial charge on any atom is 0.0505 e. The van der Waals surface area contributed by atoms with Crippen LogP contribution >= 0.6 is 27.3 Å². The first kappa shape index (κ1) is 14.7. The summed E-state index contributed by atoms with van der Waals surface area (Å²) in [5.74, 6) is 0. The van der Waals surface area contributed by atoms with Crippen LogP contribution < -0.4 is 5.73 Å². The predicted molar refractivity (Wildman–Crippen MR) is 86.3 cm³/mol. The Kier molecular flexibility index (Phi) is 5.16. The van der Waals surface area contributed by atoms with Gasteiger partial charge in [-0.1, -0.05) is 28.1 Å². The molecule has 2 N–H and O–H groups in total. The summed E-state index contributed by atoms with van der Waals surface area (Å²) in [6.45, 7) is 2.97. The van der Waals surface area contributed by atoms with Gasteiger partial charge in [-0.25, -0.2) is 0 Å². The van der Waals surface area contributed by atoms with Gasteiger partial charge in [0.15, 0.2) is 0 Å². The highest BCUT2D eigenvalue weighted by molar-refractivity contribution is 9.10. The smallest absolute Gasteiger partial charge is 0.0505 e. The van der Waals surface area contributed by atoms with Crippen molar-refractivity contribution in [2.24, 2.45) is 5.73 Å². The summed E-state index contributed by atoms with van der Waals surface area (Å²) < 4.78 is 1.11. The molecular formula is C15H19BrN2S. The first-order valence-corrected chi connectivity index (χ1v) is 8.04. The normalized spacial score (nSPS) is 14.6. The third-order valence-corrected chi connectivity index (χ3v) is 4.43. The molecule has 1 aromatic carbocycles. The topological polar surface area (TPSA) is 29.3 Å². The molecule has 19 heavy (non-hydrogen) atoms. The summed E-state index contributed by atoms with van der Waals surface area (Å²) in [5, 5.41) is 4.30. The minimum absolute atomic E-state index is 0.107. The molecule has 0 bridgehead atoms. The molecule has 4 heteroatoms. The molecule has 102 valence electrons. The van der Waals surface area contributed by atoms with E-state index in [4.69, 9.17) is 5.73 Å². The van der Waals surface area contributed by atoms with Gasteiger partial charge in [-0.3, -0.25) is 4.90 Å². The van der Waals surface area contributed by atoms with Gasteiger partial charge in [0.25, 0.3) is 0 Å². The van der Waals surface area contributed by atoms with E-state index in [1.807, 2.05) is 0 Å². The summed E-state index contributed by atoms with van der Waals surface area (Å²) in [5.41, 5.74) is 8.76. The van der Waals surface area contributed by atoms with Crippen LogP contribution in [0.4, 0.5) is 0 Å². The van der Waals surface area contributed by atoms with Crippen molar-refractivity contribution in [3.8, 4) is 0 Å². The van der Waals surface area contributed by atoms with E-state index in [1.165, 1.54) is 11.1 Å². The quantitative estimate of drug-likeness (QED) is 0.891. The van der Waals surface area contributed by atoms with E-state index in [0.29, 0.717) is 0 Å². The van der Waals surface area contributed by atoms with Crippen LogP contribution in [-0.2, 0) is 6.54 Å². The number of hydrogen-bond donors (Lipinski definition) is 1. The van der Waals surface area contributed by atoms with Crippen molar-refractivity contribution in [1.29, 1.82) is 0 Å². The fourth-order valence-electron chi connectivity index (χ4n) is 2.38. The molecule has 0 amide bonds. The van der Waals surface area contributed by atoms with E-state index in [0.717, 1.165) is 11.0 Å². The van der Waals surface area contributed by atoms with Crippen molar-refractivity contribution in [2.75, 3.05) is 7.05 Å². The van der Waals surface area contributed by atoms with Gasteiger partial charge in [-0.15, -0.1) is 0 Å². The molecule has 0 fully saturated rings.